The van der Waals surface area contributed by atoms with Gasteiger partial charge < -0.3 is 15.1 Å². The van der Waals surface area contributed by atoms with Crippen LogP contribution in [0, 0.1) is 11.6 Å². The fourth-order valence-electron chi connectivity index (χ4n) is 1.74. The van der Waals surface area contributed by atoms with Crippen LogP contribution in [0.25, 0.3) is 0 Å². The highest BCUT2D eigenvalue weighted by molar-refractivity contribution is 5.68. The minimum absolute atomic E-state index is 0.0253. The second-order valence-electron chi connectivity index (χ2n) is 4.22. The van der Waals surface area contributed by atoms with E-state index in [2.05, 4.69) is 0 Å². The summed E-state index contributed by atoms with van der Waals surface area (Å²) in [5.74, 6) is -3.56. The minimum atomic E-state index is -1.05. The van der Waals surface area contributed by atoms with E-state index in [-0.39, 0.29) is 38.0 Å². The average Bonchev–Trinajstić information content (AvgIpc) is 2.33. The van der Waals surface area contributed by atoms with Crippen LogP contribution in [-0.2, 0) is 9.59 Å². The van der Waals surface area contributed by atoms with Crippen molar-refractivity contribution in [3.63, 3.8) is 0 Å². The maximum Gasteiger partial charge on any atom is 0.305 e. The smallest absolute Gasteiger partial charge is 0.305 e. The van der Waals surface area contributed by atoms with Crippen LogP contribution in [0.5, 0.6) is 0 Å². The van der Waals surface area contributed by atoms with Gasteiger partial charge in [-0.2, -0.15) is 0 Å². The van der Waals surface area contributed by atoms with Crippen LogP contribution in [0.1, 0.15) is 19.3 Å². The van der Waals surface area contributed by atoms with Gasteiger partial charge in [-0.25, -0.2) is 8.78 Å². The Hall–Kier alpha value is -2.18. The van der Waals surface area contributed by atoms with Crippen molar-refractivity contribution in [1.82, 2.24) is 0 Å². The molecule has 0 heterocycles. The largest absolute Gasteiger partial charge is 0.481 e. The van der Waals surface area contributed by atoms with Crippen LogP contribution in [-0.4, -0.2) is 35.2 Å². The lowest BCUT2D eigenvalue weighted by atomic mass is 10.2. The molecule has 2 N–H and O–H groups in total. The Morgan fingerprint density at radius 3 is 2.25 bits per heavy atom. The van der Waals surface area contributed by atoms with E-state index in [1.165, 1.54) is 11.0 Å². The van der Waals surface area contributed by atoms with Crippen molar-refractivity contribution in [3.05, 3.63) is 29.8 Å². The SMILES string of the molecule is O=C(O)CCCN(CCC(=O)O)c1ccc(F)cc1F. The molecule has 0 unspecified atom stereocenters. The zero-order chi connectivity index (χ0) is 15.1. The third-order valence-corrected chi connectivity index (χ3v) is 2.66. The highest BCUT2D eigenvalue weighted by atomic mass is 19.1. The van der Waals surface area contributed by atoms with Gasteiger partial charge >= 0.3 is 11.9 Å². The van der Waals surface area contributed by atoms with Crippen LogP contribution in [0.2, 0.25) is 0 Å². The van der Waals surface area contributed by atoms with E-state index in [1.807, 2.05) is 0 Å². The van der Waals surface area contributed by atoms with Crippen molar-refractivity contribution in [3.8, 4) is 0 Å². The fraction of sp³-hybridized carbons (Fsp3) is 0.385. The highest BCUT2D eigenvalue weighted by Crippen LogP contribution is 2.21. The summed E-state index contributed by atoms with van der Waals surface area (Å²) in [4.78, 5) is 22.4. The molecule has 0 atom stereocenters. The highest BCUT2D eigenvalue weighted by Gasteiger charge is 2.14. The standard InChI is InChI=1S/C13H15F2NO4/c14-9-3-4-11(10(15)8-9)16(7-5-13(19)20)6-1-2-12(17)18/h3-4,8H,1-2,5-7H2,(H,17,18)(H,19,20). The maximum absolute atomic E-state index is 13.7. The molecule has 0 aliphatic heterocycles. The van der Waals surface area contributed by atoms with Crippen LogP contribution < -0.4 is 4.90 Å². The van der Waals surface area contributed by atoms with Crippen molar-refractivity contribution in [2.75, 3.05) is 18.0 Å². The van der Waals surface area contributed by atoms with Gasteiger partial charge in [-0.05, 0) is 18.6 Å². The Morgan fingerprint density at radius 2 is 1.70 bits per heavy atom. The van der Waals surface area contributed by atoms with Gasteiger partial charge in [0.2, 0.25) is 0 Å². The normalized spacial score (nSPS) is 10.3. The molecular weight excluding hydrogens is 272 g/mol. The molecule has 0 aliphatic rings. The molecule has 1 rings (SSSR count). The zero-order valence-corrected chi connectivity index (χ0v) is 10.7. The molecule has 0 aromatic heterocycles. The molecule has 110 valence electrons. The Morgan fingerprint density at radius 1 is 1.05 bits per heavy atom. The number of hydrogen-bond donors (Lipinski definition) is 2. The Labute approximate surface area is 114 Å². The van der Waals surface area contributed by atoms with Crippen LogP contribution in [0.15, 0.2) is 18.2 Å². The van der Waals surface area contributed by atoms with E-state index >= 15 is 0 Å². The van der Waals surface area contributed by atoms with Gasteiger partial charge in [0.05, 0.1) is 12.1 Å². The molecule has 0 spiro atoms. The van der Waals surface area contributed by atoms with Gasteiger partial charge in [0.1, 0.15) is 11.6 Å². The first-order valence-corrected chi connectivity index (χ1v) is 6.03. The third-order valence-electron chi connectivity index (χ3n) is 2.66. The summed E-state index contributed by atoms with van der Waals surface area (Å²) in [5.41, 5.74) is 0.0676. The lowest BCUT2D eigenvalue weighted by Gasteiger charge is -2.24. The molecule has 0 fully saturated rings. The van der Waals surface area contributed by atoms with Gasteiger partial charge in [0.25, 0.3) is 0 Å². The summed E-state index contributed by atoms with van der Waals surface area (Å²) in [5, 5.41) is 17.2. The number of carboxylic acids is 2. The lowest BCUT2D eigenvalue weighted by molar-refractivity contribution is -0.138. The molecular formula is C13H15F2NO4. The zero-order valence-electron chi connectivity index (χ0n) is 10.7. The Bertz CT molecular complexity index is 493. The molecule has 0 aliphatic carbocycles. The average molecular weight is 287 g/mol. The number of halogens is 2. The second-order valence-corrected chi connectivity index (χ2v) is 4.22. The molecule has 0 bridgehead atoms. The first kappa shape index (κ1) is 15.9. The van der Waals surface area contributed by atoms with Gasteiger partial charge in [0.15, 0.2) is 0 Å². The molecule has 0 radical (unpaired) electrons. The summed E-state index contributed by atoms with van der Waals surface area (Å²) < 4.78 is 26.5. The van der Waals surface area contributed by atoms with Gasteiger partial charge in [0, 0.05) is 25.6 Å². The van der Waals surface area contributed by atoms with Gasteiger partial charge in [-0.15, -0.1) is 0 Å². The van der Waals surface area contributed by atoms with E-state index in [1.54, 1.807) is 0 Å². The maximum atomic E-state index is 13.7. The summed E-state index contributed by atoms with van der Waals surface area (Å²) in [6.07, 6.45) is -0.0813. The quantitative estimate of drug-likeness (QED) is 0.765. The molecule has 0 amide bonds. The predicted octanol–water partition coefficient (Wildman–Crippen LogP) is 2.11. The Kier molecular flexibility index (Phi) is 5.89. The molecule has 0 saturated carbocycles. The van der Waals surface area contributed by atoms with Crippen LogP contribution >= 0.6 is 0 Å². The summed E-state index contributed by atoms with van der Waals surface area (Å²) in [7, 11) is 0. The molecule has 1 aromatic carbocycles. The number of hydrogen-bond acceptors (Lipinski definition) is 3. The van der Waals surface area contributed by atoms with Gasteiger partial charge in [-0.3, -0.25) is 9.59 Å². The first-order chi connectivity index (χ1) is 9.40. The first-order valence-electron chi connectivity index (χ1n) is 6.03. The van der Waals surface area contributed by atoms with Crippen LogP contribution in [0.3, 0.4) is 0 Å². The molecule has 7 heteroatoms. The number of carbonyl (C=O) groups is 2. The second kappa shape index (κ2) is 7.42. The van der Waals surface area contributed by atoms with E-state index in [9.17, 15) is 18.4 Å². The monoisotopic (exact) mass is 287 g/mol. The number of rotatable bonds is 8. The fourth-order valence-corrected chi connectivity index (χ4v) is 1.74. The number of carboxylic acid groups (broad SMARTS) is 2. The molecule has 1 aromatic rings. The third kappa shape index (κ3) is 5.21. The van der Waals surface area contributed by atoms with Gasteiger partial charge in [-0.1, -0.05) is 0 Å². The lowest BCUT2D eigenvalue weighted by Crippen LogP contribution is -2.28. The molecule has 20 heavy (non-hydrogen) atoms. The van der Waals surface area contributed by atoms with Crippen molar-refractivity contribution in [2.24, 2.45) is 0 Å². The minimum Gasteiger partial charge on any atom is -0.481 e. The van der Waals surface area contributed by atoms with Crippen molar-refractivity contribution >= 4 is 17.6 Å². The number of benzene rings is 1. The van der Waals surface area contributed by atoms with E-state index in [4.69, 9.17) is 10.2 Å². The predicted molar refractivity (Wildman–Crippen MR) is 67.7 cm³/mol. The molecule has 0 saturated heterocycles. The summed E-state index contributed by atoms with van der Waals surface area (Å²) >= 11 is 0. The van der Waals surface area contributed by atoms with E-state index in [0.29, 0.717) is 6.07 Å². The topological polar surface area (TPSA) is 77.8 Å². The summed E-state index contributed by atoms with van der Waals surface area (Å²) in [6.45, 7) is 0.208. The van der Waals surface area contributed by atoms with Crippen molar-refractivity contribution in [1.29, 1.82) is 0 Å². The van der Waals surface area contributed by atoms with Crippen molar-refractivity contribution in [2.45, 2.75) is 19.3 Å². The molecule has 5 nitrogen and oxygen atoms in total. The van der Waals surface area contributed by atoms with Crippen molar-refractivity contribution < 1.29 is 28.6 Å². The van der Waals surface area contributed by atoms with E-state index in [0.717, 1.165) is 6.07 Å². The number of nitrogens with zero attached hydrogens (tertiary/aromatic N) is 1. The van der Waals surface area contributed by atoms with E-state index < -0.39 is 23.6 Å². The number of aliphatic carboxylic acids is 2. The van der Waals surface area contributed by atoms with Crippen LogP contribution in [0.4, 0.5) is 14.5 Å². The number of anilines is 1. The summed E-state index contributed by atoms with van der Waals surface area (Å²) in [6, 6.07) is 3.00. The Balaban J connectivity index is 2.79.